The summed E-state index contributed by atoms with van der Waals surface area (Å²) in [7, 11) is -1.96. The van der Waals surface area contributed by atoms with Crippen LogP contribution >= 0.6 is 0 Å². The van der Waals surface area contributed by atoms with E-state index in [1.54, 1.807) is 25.2 Å². The van der Waals surface area contributed by atoms with Gasteiger partial charge in [-0.3, -0.25) is 4.68 Å². The fourth-order valence-electron chi connectivity index (χ4n) is 1.36. The number of nitrogens with two attached hydrogens (primary N) is 1. The molecule has 0 aliphatic rings. The second-order valence-electron chi connectivity index (χ2n) is 3.33. The van der Waals surface area contributed by atoms with E-state index in [0.717, 1.165) is 0 Å². The van der Waals surface area contributed by atoms with Crippen LogP contribution in [-0.4, -0.2) is 18.2 Å². The van der Waals surface area contributed by atoms with Crippen molar-refractivity contribution >= 4 is 15.7 Å². The summed E-state index contributed by atoms with van der Waals surface area (Å²) in [6, 6.07) is 8.15. The summed E-state index contributed by atoms with van der Waals surface area (Å²) in [4.78, 5) is 0.260. The first-order valence-electron chi connectivity index (χ1n) is 4.61. The van der Waals surface area contributed by atoms with Gasteiger partial charge in [0.2, 0.25) is 9.84 Å². The topological polar surface area (TPSA) is 78.0 Å². The largest absolute Gasteiger partial charge is 0.383 e. The van der Waals surface area contributed by atoms with Crippen molar-refractivity contribution in [2.24, 2.45) is 7.05 Å². The zero-order valence-corrected chi connectivity index (χ0v) is 9.48. The Morgan fingerprint density at radius 3 is 2.38 bits per heavy atom. The van der Waals surface area contributed by atoms with Crippen LogP contribution in [0.25, 0.3) is 0 Å². The Hall–Kier alpha value is -1.82. The van der Waals surface area contributed by atoms with Crippen molar-refractivity contribution in [2.75, 3.05) is 5.73 Å². The van der Waals surface area contributed by atoms with Crippen LogP contribution in [0.1, 0.15) is 0 Å². The van der Waals surface area contributed by atoms with Crippen LogP contribution < -0.4 is 5.73 Å². The molecule has 6 heteroatoms. The first kappa shape index (κ1) is 10.7. The molecule has 0 atom stereocenters. The van der Waals surface area contributed by atoms with Gasteiger partial charge in [0.15, 0.2) is 0 Å². The number of aromatic nitrogens is 2. The van der Waals surface area contributed by atoms with E-state index < -0.39 is 9.84 Å². The molecule has 0 amide bonds. The van der Waals surface area contributed by atoms with Gasteiger partial charge in [0.25, 0.3) is 0 Å². The third kappa shape index (κ3) is 1.57. The Morgan fingerprint density at radius 1 is 1.25 bits per heavy atom. The molecule has 16 heavy (non-hydrogen) atoms. The summed E-state index contributed by atoms with van der Waals surface area (Å²) < 4.78 is 25.6. The molecule has 2 N–H and O–H groups in total. The van der Waals surface area contributed by atoms with Crippen molar-refractivity contribution in [1.82, 2.24) is 9.78 Å². The van der Waals surface area contributed by atoms with E-state index in [0.29, 0.717) is 0 Å². The maximum atomic E-state index is 12.1. The minimum absolute atomic E-state index is 0.0428. The molecule has 1 aromatic carbocycles. The van der Waals surface area contributed by atoms with Gasteiger partial charge in [0.05, 0.1) is 11.1 Å². The summed E-state index contributed by atoms with van der Waals surface area (Å²) in [6.07, 6.45) is 1.26. The van der Waals surface area contributed by atoms with Crippen LogP contribution in [-0.2, 0) is 16.9 Å². The number of aryl methyl sites for hydroxylation is 1. The van der Waals surface area contributed by atoms with Gasteiger partial charge in [-0.2, -0.15) is 5.10 Å². The monoisotopic (exact) mass is 237 g/mol. The average Bonchev–Trinajstić information content (AvgIpc) is 2.61. The summed E-state index contributed by atoms with van der Waals surface area (Å²) in [5, 5.41) is 3.82. The summed E-state index contributed by atoms with van der Waals surface area (Å²) >= 11 is 0. The van der Waals surface area contributed by atoms with Crippen LogP contribution in [0.3, 0.4) is 0 Å². The standard InChI is InChI=1S/C10H11N3O2S/c1-13-10(11)9(7-12-13)16(14,15)8-5-3-2-4-6-8/h2-7H,11H2,1H3. The Morgan fingerprint density at radius 2 is 1.88 bits per heavy atom. The highest BCUT2D eigenvalue weighted by Crippen LogP contribution is 2.24. The van der Waals surface area contributed by atoms with Crippen molar-refractivity contribution in [1.29, 1.82) is 0 Å². The van der Waals surface area contributed by atoms with Gasteiger partial charge >= 0.3 is 0 Å². The van der Waals surface area contributed by atoms with E-state index in [2.05, 4.69) is 5.10 Å². The molecular formula is C10H11N3O2S. The number of rotatable bonds is 2. The number of sulfone groups is 1. The van der Waals surface area contributed by atoms with E-state index in [1.807, 2.05) is 0 Å². The van der Waals surface area contributed by atoms with Crippen molar-refractivity contribution < 1.29 is 8.42 Å². The normalized spacial score (nSPS) is 11.6. The third-order valence-corrected chi connectivity index (χ3v) is 4.08. The number of hydrogen-bond acceptors (Lipinski definition) is 4. The number of anilines is 1. The Labute approximate surface area is 93.4 Å². The van der Waals surface area contributed by atoms with Gasteiger partial charge in [-0.05, 0) is 12.1 Å². The molecular weight excluding hydrogens is 226 g/mol. The third-order valence-electron chi connectivity index (χ3n) is 2.29. The first-order chi connectivity index (χ1) is 7.53. The Bertz CT molecular complexity index is 602. The van der Waals surface area contributed by atoms with E-state index in [9.17, 15) is 8.42 Å². The summed E-state index contributed by atoms with van der Waals surface area (Å²) in [5.74, 6) is 0.142. The minimum Gasteiger partial charge on any atom is -0.383 e. The number of benzene rings is 1. The highest BCUT2D eigenvalue weighted by Gasteiger charge is 2.22. The van der Waals surface area contributed by atoms with E-state index in [4.69, 9.17) is 5.73 Å². The fraction of sp³-hybridized carbons (Fsp3) is 0.100. The molecule has 5 nitrogen and oxygen atoms in total. The van der Waals surface area contributed by atoms with Gasteiger partial charge in [-0.25, -0.2) is 8.42 Å². The van der Waals surface area contributed by atoms with E-state index >= 15 is 0 Å². The number of hydrogen-bond donors (Lipinski definition) is 1. The van der Waals surface area contributed by atoms with Crippen LogP contribution in [0.15, 0.2) is 46.3 Å². The molecule has 84 valence electrons. The molecule has 0 aliphatic heterocycles. The highest BCUT2D eigenvalue weighted by molar-refractivity contribution is 7.91. The van der Waals surface area contributed by atoms with Crippen LogP contribution in [0.5, 0.6) is 0 Å². The average molecular weight is 237 g/mol. The second-order valence-corrected chi connectivity index (χ2v) is 5.25. The van der Waals surface area contributed by atoms with Gasteiger partial charge in [0.1, 0.15) is 10.7 Å². The summed E-state index contributed by atoms with van der Waals surface area (Å²) in [6.45, 7) is 0. The van der Waals surface area contributed by atoms with Crippen molar-refractivity contribution in [3.8, 4) is 0 Å². The lowest BCUT2D eigenvalue weighted by atomic mass is 10.4. The Balaban J connectivity index is 2.61. The van der Waals surface area contributed by atoms with Crippen LogP contribution in [0.2, 0.25) is 0 Å². The quantitative estimate of drug-likeness (QED) is 0.839. The van der Waals surface area contributed by atoms with Crippen LogP contribution in [0.4, 0.5) is 5.82 Å². The molecule has 2 rings (SSSR count). The van der Waals surface area contributed by atoms with Crippen molar-refractivity contribution in [3.05, 3.63) is 36.5 Å². The molecule has 1 heterocycles. The lowest BCUT2D eigenvalue weighted by Gasteiger charge is -2.02. The molecule has 0 aliphatic carbocycles. The van der Waals surface area contributed by atoms with Crippen molar-refractivity contribution in [2.45, 2.75) is 9.79 Å². The molecule has 0 spiro atoms. The zero-order chi connectivity index (χ0) is 11.8. The Kier molecular flexibility index (Phi) is 2.43. The second kappa shape index (κ2) is 3.64. The fourth-order valence-corrected chi connectivity index (χ4v) is 2.72. The smallest absolute Gasteiger partial charge is 0.211 e. The van der Waals surface area contributed by atoms with Gasteiger partial charge < -0.3 is 5.73 Å². The zero-order valence-electron chi connectivity index (χ0n) is 8.66. The van der Waals surface area contributed by atoms with Crippen molar-refractivity contribution in [3.63, 3.8) is 0 Å². The SMILES string of the molecule is Cn1ncc(S(=O)(=O)c2ccccc2)c1N. The number of nitrogens with zero attached hydrogens (tertiary/aromatic N) is 2. The molecule has 0 radical (unpaired) electrons. The minimum atomic E-state index is -3.56. The van der Waals surface area contributed by atoms with Gasteiger partial charge in [0, 0.05) is 7.05 Å². The maximum Gasteiger partial charge on any atom is 0.211 e. The number of nitrogen functional groups attached to an aromatic ring is 1. The molecule has 0 saturated heterocycles. The van der Waals surface area contributed by atoms with Gasteiger partial charge in [-0.15, -0.1) is 0 Å². The van der Waals surface area contributed by atoms with E-state index in [1.165, 1.54) is 23.0 Å². The molecule has 0 fully saturated rings. The first-order valence-corrected chi connectivity index (χ1v) is 6.09. The molecule has 0 bridgehead atoms. The van der Waals surface area contributed by atoms with E-state index in [-0.39, 0.29) is 15.6 Å². The predicted molar refractivity (Wildman–Crippen MR) is 59.5 cm³/mol. The highest BCUT2D eigenvalue weighted by atomic mass is 32.2. The predicted octanol–water partition coefficient (Wildman–Crippen LogP) is 0.835. The summed E-state index contributed by atoms with van der Waals surface area (Å²) in [5.41, 5.74) is 5.65. The lowest BCUT2D eigenvalue weighted by molar-refractivity contribution is 0.596. The van der Waals surface area contributed by atoms with Gasteiger partial charge in [-0.1, -0.05) is 18.2 Å². The molecule has 2 aromatic rings. The van der Waals surface area contributed by atoms with Crippen LogP contribution in [0, 0.1) is 0 Å². The molecule has 1 aromatic heterocycles. The molecule has 0 unspecified atom stereocenters. The lowest BCUT2D eigenvalue weighted by Crippen LogP contribution is -2.06. The maximum absolute atomic E-state index is 12.1. The molecule has 0 saturated carbocycles.